The second kappa shape index (κ2) is 9.77. The van der Waals surface area contributed by atoms with Crippen LogP contribution in [-0.4, -0.2) is 66.1 Å². The lowest BCUT2D eigenvalue weighted by molar-refractivity contribution is -0.120. The molecule has 2 aliphatic heterocycles. The number of aliphatic hydroxyl groups excluding tert-OH is 1. The molecule has 1 aromatic carbocycles. The van der Waals surface area contributed by atoms with Crippen molar-refractivity contribution in [2.24, 2.45) is 0 Å². The van der Waals surface area contributed by atoms with Gasteiger partial charge in [-0.1, -0.05) is 31.5 Å². The number of carbonyl (C=O) groups excluding carboxylic acids is 2. The highest BCUT2D eigenvalue weighted by Gasteiger charge is 2.43. The lowest BCUT2D eigenvalue weighted by Gasteiger charge is -2.36. The van der Waals surface area contributed by atoms with Crippen molar-refractivity contribution in [3.05, 3.63) is 57.9 Å². The van der Waals surface area contributed by atoms with Gasteiger partial charge in [-0.15, -0.1) is 11.3 Å². The number of carbonyl (C=O) groups is 2. The van der Waals surface area contributed by atoms with E-state index < -0.39 is 0 Å². The zero-order chi connectivity index (χ0) is 21.8. The number of unbranched alkanes of at least 4 members (excludes halogenated alkanes) is 1. The summed E-state index contributed by atoms with van der Waals surface area (Å²) in [5.41, 5.74) is 2.85. The molecule has 1 saturated heterocycles. The van der Waals surface area contributed by atoms with Gasteiger partial charge in [-0.3, -0.25) is 14.5 Å². The molecule has 164 valence electrons. The Morgan fingerprint density at radius 1 is 1.00 bits per heavy atom. The van der Waals surface area contributed by atoms with E-state index in [0.29, 0.717) is 36.6 Å². The van der Waals surface area contributed by atoms with Crippen molar-refractivity contribution in [2.45, 2.75) is 26.2 Å². The molecular weight excluding hydrogens is 410 g/mol. The Morgan fingerprint density at radius 3 is 2.35 bits per heavy atom. The van der Waals surface area contributed by atoms with Crippen LogP contribution in [0.4, 0.5) is 5.69 Å². The maximum absolute atomic E-state index is 13.5. The number of thiophene rings is 1. The molecule has 1 fully saturated rings. The quantitative estimate of drug-likeness (QED) is 0.641. The largest absolute Gasteiger partial charge is 0.395 e. The Kier molecular flexibility index (Phi) is 6.85. The van der Waals surface area contributed by atoms with E-state index in [2.05, 4.69) is 11.8 Å². The fourth-order valence-electron chi connectivity index (χ4n) is 4.22. The van der Waals surface area contributed by atoms with Crippen LogP contribution in [0, 0.1) is 0 Å². The van der Waals surface area contributed by atoms with E-state index >= 15 is 0 Å². The number of benzene rings is 1. The van der Waals surface area contributed by atoms with Gasteiger partial charge in [0.1, 0.15) is 5.70 Å². The third-order valence-electron chi connectivity index (χ3n) is 5.95. The summed E-state index contributed by atoms with van der Waals surface area (Å²) in [6, 6.07) is 11.6. The molecule has 0 bridgehead atoms. The van der Waals surface area contributed by atoms with Crippen LogP contribution >= 0.6 is 11.3 Å². The molecule has 1 aromatic heterocycles. The molecule has 3 heterocycles. The topological polar surface area (TPSA) is 64.1 Å². The summed E-state index contributed by atoms with van der Waals surface area (Å²) in [7, 11) is 0. The summed E-state index contributed by atoms with van der Waals surface area (Å²) < 4.78 is 0. The zero-order valence-corrected chi connectivity index (χ0v) is 18.7. The van der Waals surface area contributed by atoms with Crippen molar-refractivity contribution in [1.29, 1.82) is 0 Å². The van der Waals surface area contributed by atoms with Crippen molar-refractivity contribution in [2.75, 3.05) is 44.2 Å². The predicted octanol–water partition coefficient (Wildman–Crippen LogP) is 2.99. The lowest BCUT2D eigenvalue weighted by Crippen LogP contribution is -2.48. The van der Waals surface area contributed by atoms with Gasteiger partial charge in [0.25, 0.3) is 11.8 Å². The Balaban J connectivity index is 1.62. The molecule has 0 atom stereocenters. The van der Waals surface area contributed by atoms with Crippen LogP contribution in [0.5, 0.6) is 0 Å². The van der Waals surface area contributed by atoms with Gasteiger partial charge in [0, 0.05) is 37.6 Å². The molecule has 2 amide bonds. The smallest absolute Gasteiger partial charge is 0.282 e. The molecule has 7 heteroatoms. The van der Waals surface area contributed by atoms with Crippen molar-refractivity contribution in [3.8, 4) is 0 Å². The first-order valence-corrected chi connectivity index (χ1v) is 11.9. The van der Waals surface area contributed by atoms with Crippen LogP contribution in [0.1, 0.15) is 30.2 Å². The molecule has 0 saturated carbocycles. The van der Waals surface area contributed by atoms with Gasteiger partial charge in [0.15, 0.2) is 0 Å². The number of hydrogen-bond donors (Lipinski definition) is 1. The highest BCUT2D eigenvalue weighted by Crippen LogP contribution is 2.36. The first kappa shape index (κ1) is 21.7. The minimum Gasteiger partial charge on any atom is -0.395 e. The SMILES string of the molecule is CCCCc1ccc(N2C(=O)C(c3cccs3)=C(N3CCN(CCO)CC3)C2=O)cc1. The summed E-state index contributed by atoms with van der Waals surface area (Å²) in [4.78, 5) is 33.4. The van der Waals surface area contributed by atoms with E-state index in [1.165, 1.54) is 21.8 Å². The Morgan fingerprint density at radius 2 is 1.74 bits per heavy atom. The maximum atomic E-state index is 13.5. The summed E-state index contributed by atoms with van der Waals surface area (Å²) >= 11 is 1.48. The molecule has 1 N–H and O–H groups in total. The van der Waals surface area contributed by atoms with Crippen molar-refractivity contribution < 1.29 is 14.7 Å². The standard InChI is InChI=1S/C24H29N3O3S/c1-2-3-5-18-7-9-19(10-8-18)27-23(29)21(20-6-4-17-31-20)22(24(27)30)26-13-11-25(12-14-26)15-16-28/h4,6-10,17,28H,2-3,5,11-16H2,1H3. The van der Waals surface area contributed by atoms with Crippen molar-refractivity contribution in [1.82, 2.24) is 9.80 Å². The predicted molar refractivity (Wildman–Crippen MR) is 124 cm³/mol. The van der Waals surface area contributed by atoms with Gasteiger partial charge in [-0.05, 0) is 42.0 Å². The number of imide groups is 1. The van der Waals surface area contributed by atoms with Gasteiger partial charge >= 0.3 is 0 Å². The van der Waals surface area contributed by atoms with Gasteiger partial charge in [0.05, 0.1) is 17.9 Å². The van der Waals surface area contributed by atoms with Crippen LogP contribution in [-0.2, 0) is 16.0 Å². The van der Waals surface area contributed by atoms with E-state index in [1.54, 1.807) is 0 Å². The lowest BCUT2D eigenvalue weighted by atomic mass is 10.1. The van der Waals surface area contributed by atoms with Gasteiger partial charge in [0.2, 0.25) is 0 Å². The molecule has 4 rings (SSSR count). The average Bonchev–Trinajstić information content (AvgIpc) is 3.40. The first-order valence-electron chi connectivity index (χ1n) is 11.0. The third-order valence-corrected chi connectivity index (χ3v) is 6.83. The average molecular weight is 440 g/mol. The number of rotatable bonds is 8. The highest BCUT2D eigenvalue weighted by atomic mass is 32.1. The fourth-order valence-corrected chi connectivity index (χ4v) is 4.98. The van der Waals surface area contributed by atoms with Crippen LogP contribution in [0.2, 0.25) is 0 Å². The number of nitrogens with zero attached hydrogens (tertiary/aromatic N) is 3. The van der Waals surface area contributed by atoms with Crippen LogP contribution < -0.4 is 4.90 Å². The number of piperazine rings is 1. The molecule has 0 unspecified atom stereocenters. The number of aliphatic hydroxyl groups is 1. The Bertz CT molecular complexity index is 945. The minimum atomic E-state index is -0.249. The summed E-state index contributed by atoms with van der Waals surface area (Å²) in [6.45, 7) is 5.76. The van der Waals surface area contributed by atoms with E-state index in [0.717, 1.165) is 37.2 Å². The van der Waals surface area contributed by atoms with Crippen LogP contribution in [0.25, 0.3) is 5.57 Å². The number of aryl methyl sites for hydroxylation is 1. The van der Waals surface area contributed by atoms with Crippen LogP contribution in [0.15, 0.2) is 47.5 Å². The molecule has 2 aromatic rings. The fraction of sp³-hybridized carbons (Fsp3) is 0.417. The maximum Gasteiger partial charge on any atom is 0.282 e. The van der Waals surface area contributed by atoms with E-state index in [4.69, 9.17) is 0 Å². The molecular formula is C24H29N3O3S. The van der Waals surface area contributed by atoms with E-state index in [1.807, 2.05) is 46.7 Å². The summed E-state index contributed by atoms with van der Waals surface area (Å²) in [5, 5.41) is 11.1. The summed E-state index contributed by atoms with van der Waals surface area (Å²) in [5.74, 6) is -0.494. The van der Waals surface area contributed by atoms with Crippen molar-refractivity contribution >= 4 is 34.4 Å². The Hall–Kier alpha value is -2.48. The monoisotopic (exact) mass is 439 g/mol. The van der Waals surface area contributed by atoms with E-state index in [9.17, 15) is 14.7 Å². The van der Waals surface area contributed by atoms with Gasteiger partial charge in [-0.25, -0.2) is 4.90 Å². The molecule has 0 spiro atoms. The molecule has 6 nitrogen and oxygen atoms in total. The minimum absolute atomic E-state index is 0.128. The number of anilines is 1. The van der Waals surface area contributed by atoms with Crippen molar-refractivity contribution in [3.63, 3.8) is 0 Å². The summed E-state index contributed by atoms with van der Waals surface area (Å²) in [6.07, 6.45) is 3.26. The van der Waals surface area contributed by atoms with E-state index in [-0.39, 0.29) is 18.4 Å². The second-order valence-corrected chi connectivity index (χ2v) is 8.92. The van der Waals surface area contributed by atoms with Gasteiger partial charge < -0.3 is 10.0 Å². The first-order chi connectivity index (χ1) is 15.1. The zero-order valence-electron chi connectivity index (χ0n) is 17.9. The molecule has 0 aliphatic carbocycles. The number of amides is 2. The third kappa shape index (κ3) is 4.44. The Labute approximate surface area is 187 Å². The second-order valence-electron chi connectivity index (χ2n) is 7.97. The van der Waals surface area contributed by atoms with Crippen LogP contribution in [0.3, 0.4) is 0 Å². The number of hydrogen-bond acceptors (Lipinski definition) is 6. The molecule has 0 radical (unpaired) electrons. The molecule has 31 heavy (non-hydrogen) atoms. The number of β-amino-alcohol motifs (C(OH)–C–C–N with tert-alkyl or cyclic N) is 1. The molecule has 2 aliphatic rings. The highest BCUT2D eigenvalue weighted by molar-refractivity contribution is 7.11. The van der Waals surface area contributed by atoms with Gasteiger partial charge in [-0.2, -0.15) is 0 Å². The normalized spacial score (nSPS) is 17.9.